The van der Waals surface area contributed by atoms with Gasteiger partial charge in [-0.3, -0.25) is 4.40 Å². The average Bonchev–Trinajstić information content (AvgIpc) is 2.85. The van der Waals surface area contributed by atoms with Crippen LogP contribution in [0.15, 0.2) is 41.2 Å². The van der Waals surface area contributed by atoms with Gasteiger partial charge in [-0.15, -0.1) is 10.2 Å². The topological polar surface area (TPSA) is 30.2 Å². The van der Waals surface area contributed by atoms with Crippen LogP contribution >= 0.6 is 11.3 Å². The van der Waals surface area contributed by atoms with E-state index in [0.29, 0.717) is 0 Å². The lowest BCUT2D eigenvalue weighted by Crippen LogP contribution is -1.85. The first kappa shape index (κ1) is 7.70. The Labute approximate surface area is 84.7 Å². The van der Waals surface area contributed by atoms with Crippen LogP contribution in [0.3, 0.4) is 0 Å². The van der Waals surface area contributed by atoms with E-state index in [4.69, 9.17) is 0 Å². The van der Waals surface area contributed by atoms with E-state index in [1.165, 1.54) is 0 Å². The number of thiophene rings is 1. The van der Waals surface area contributed by atoms with Crippen molar-refractivity contribution in [1.29, 1.82) is 0 Å². The number of fused-ring (bicyclic) bond motifs is 1. The summed E-state index contributed by atoms with van der Waals surface area (Å²) >= 11 is 1.67. The second-order valence-corrected chi connectivity index (χ2v) is 3.74. The van der Waals surface area contributed by atoms with Crippen molar-refractivity contribution in [3.8, 4) is 11.4 Å². The van der Waals surface area contributed by atoms with Gasteiger partial charge in [-0.1, -0.05) is 6.07 Å². The number of nitrogens with zero attached hydrogens (tertiary/aromatic N) is 3. The largest absolute Gasteiger partial charge is 0.282 e. The number of aromatic nitrogens is 3. The van der Waals surface area contributed by atoms with E-state index in [-0.39, 0.29) is 0 Å². The van der Waals surface area contributed by atoms with Gasteiger partial charge in [0, 0.05) is 17.1 Å². The molecule has 3 nitrogen and oxygen atoms in total. The van der Waals surface area contributed by atoms with Crippen molar-refractivity contribution in [3.05, 3.63) is 41.2 Å². The first-order valence-corrected chi connectivity index (χ1v) is 5.22. The molecule has 0 fully saturated rings. The fraction of sp³-hybridized carbons (Fsp3) is 0. The predicted octanol–water partition coefficient (Wildman–Crippen LogP) is 2.46. The third kappa shape index (κ3) is 1.04. The molecule has 0 N–H and O–H groups in total. The molecular formula is C10H7N3S. The third-order valence-corrected chi connectivity index (χ3v) is 2.78. The molecule has 0 aliphatic heterocycles. The fourth-order valence-electron chi connectivity index (χ4n) is 1.43. The zero-order valence-electron chi connectivity index (χ0n) is 7.29. The summed E-state index contributed by atoms with van der Waals surface area (Å²) in [5, 5.41) is 12.4. The Morgan fingerprint density at radius 3 is 3.00 bits per heavy atom. The minimum absolute atomic E-state index is 0.883. The van der Waals surface area contributed by atoms with Gasteiger partial charge in [0.05, 0.1) is 0 Å². The molecule has 68 valence electrons. The molecule has 3 aromatic rings. The molecule has 0 aliphatic carbocycles. The maximum atomic E-state index is 4.16. The predicted molar refractivity (Wildman–Crippen MR) is 56.3 cm³/mol. The van der Waals surface area contributed by atoms with Crippen molar-refractivity contribution in [2.45, 2.75) is 0 Å². The van der Waals surface area contributed by atoms with Crippen molar-refractivity contribution < 1.29 is 0 Å². The fourth-order valence-corrected chi connectivity index (χ4v) is 2.06. The van der Waals surface area contributed by atoms with Crippen LogP contribution in [0.2, 0.25) is 0 Å². The molecule has 3 aromatic heterocycles. The Kier molecular flexibility index (Phi) is 1.61. The van der Waals surface area contributed by atoms with E-state index >= 15 is 0 Å². The summed E-state index contributed by atoms with van der Waals surface area (Å²) in [6, 6.07) is 7.94. The van der Waals surface area contributed by atoms with Gasteiger partial charge in [-0.2, -0.15) is 11.3 Å². The van der Waals surface area contributed by atoms with Crippen molar-refractivity contribution in [1.82, 2.24) is 14.6 Å². The van der Waals surface area contributed by atoms with Crippen LogP contribution in [0.25, 0.3) is 17.0 Å². The monoisotopic (exact) mass is 201 g/mol. The molecule has 4 heteroatoms. The SMILES string of the molecule is c1ccn2c(-c3ccsc3)nnc2c1. The molecule has 0 aliphatic rings. The smallest absolute Gasteiger partial charge is 0.169 e. The van der Waals surface area contributed by atoms with Gasteiger partial charge in [0.2, 0.25) is 0 Å². The Morgan fingerprint density at radius 2 is 2.14 bits per heavy atom. The zero-order chi connectivity index (χ0) is 9.38. The van der Waals surface area contributed by atoms with E-state index in [9.17, 15) is 0 Å². The Hall–Kier alpha value is -1.68. The van der Waals surface area contributed by atoms with E-state index in [0.717, 1.165) is 17.0 Å². The molecule has 0 bridgehead atoms. The molecule has 0 saturated carbocycles. The van der Waals surface area contributed by atoms with Crippen molar-refractivity contribution in [3.63, 3.8) is 0 Å². The van der Waals surface area contributed by atoms with Crippen molar-refractivity contribution in [2.75, 3.05) is 0 Å². The van der Waals surface area contributed by atoms with E-state index in [1.54, 1.807) is 11.3 Å². The highest BCUT2D eigenvalue weighted by Crippen LogP contribution is 2.20. The van der Waals surface area contributed by atoms with Gasteiger partial charge in [0.1, 0.15) is 0 Å². The standard InChI is InChI=1S/C10H7N3S/c1-2-5-13-9(3-1)11-12-10(13)8-4-6-14-7-8/h1-7H. The van der Waals surface area contributed by atoms with Gasteiger partial charge >= 0.3 is 0 Å². The molecule has 0 spiro atoms. The van der Waals surface area contributed by atoms with Gasteiger partial charge in [0.25, 0.3) is 0 Å². The Morgan fingerprint density at radius 1 is 1.14 bits per heavy atom. The van der Waals surface area contributed by atoms with E-state index in [2.05, 4.69) is 15.6 Å². The third-order valence-electron chi connectivity index (χ3n) is 2.09. The summed E-state index contributed by atoms with van der Waals surface area (Å²) in [7, 11) is 0. The molecule has 3 heterocycles. The summed E-state index contributed by atoms with van der Waals surface area (Å²) in [4.78, 5) is 0. The number of hydrogen-bond acceptors (Lipinski definition) is 3. The number of pyridine rings is 1. The number of rotatable bonds is 1. The second-order valence-electron chi connectivity index (χ2n) is 2.96. The second kappa shape index (κ2) is 2.92. The van der Waals surface area contributed by atoms with Crippen LogP contribution in [0.5, 0.6) is 0 Å². The summed E-state index contributed by atoms with van der Waals surface area (Å²) < 4.78 is 1.99. The van der Waals surface area contributed by atoms with Crippen LogP contribution in [0, 0.1) is 0 Å². The minimum atomic E-state index is 0.883. The summed E-state index contributed by atoms with van der Waals surface area (Å²) in [6.07, 6.45) is 1.97. The van der Waals surface area contributed by atoms with Crippen molar-refractivity contribution >= 4 is 17.0 Å². The Bertz CT molecular complexity index is 554. The molecule has 0 radical (unpaired) electrons. The summed E-state index contributed by atoms with van der Waals surface area (Å²) in [5.74, 6) is 0.904. The highest BCUT2D eigenvalue weighted by molar-refractivity contribution is 7.08. The average molecular weight is 201 g/mol. The molecule has 0 atom stereocenters. The first-order chi connectivity index (χ1) is 6.95. The molecule has 0 saturated heterocycles. The molecule has 0 unspecified atom stereocenters. The summed E-state index contributed by atoms with van der Waals surface area (Å²) in [5.41, 5.74) is 2.00. The lowest BCUT2D eigenvalue weighted by molar-refractivity contribution is 1.11. The summed E-state index contributed by atoms with van der Waals surface area (Å²) in [6.45, 7) is 0. The van der Waals surface area contributed by atoms with E-state index < -0.39 is 0 Å². The van der Waals surface area contributed by atoms with E-state index in [1.807, 2.05) is 40.2 Å². The van der Waals surface area contributed by atoms with Gasteiger partial charge in [0.15, 0.2) is 11.5 Å². The zero-order valence-corrected chi connectivity index (χ0v) is 8.11. The Balaban J connectivity index is 2.33. The highest BCUT2D eigenvalue weighted by atomic mass is 32.1. The molecule has 3 rings (SSSR count). The maximum absolute atomic E-state index is 4.16. The highest BCUT2D eigenvalue weighted by Gasteiger charge is 2.06. The van der Waals surface area contributed by atoms with Crippen molar-refractivity contribution in [2.24, 2.45) is 0 Å². The molecule has 14 heavy (non-hydrogen) atoms. The van der Waals surface area contributed by atoms with Crippen LogP contribution in [0.4, 0.5) is 0 Å². The normalized spacial score (nSPS) is 10.9. The molecule has 0 aromatic carbocycles. The lowest BCUT2D eigenvalue weighted by Gasteiger charge is -1.94. The molecular weight excluding hydrogens is 194 g/mol. The first-order valence-electron chi connectivity index (χ1n) is 4.27. The van der Waals surface area contributed by atoms with Crippen LogP contribution < -0.4 is 0 Å². The van der Waals surface area contributed by atoms with Gasteiger partial charge in [-0.05, 0) is 23.6 Å². The van der Waals surface area contributed by atoms with Gasteiger partial charge in [-0.25, -0.2) is 0 Å². The quantitative estimate of drug-likeness (QED) is 0.605. The van der Waals surface area contributed by atoms with Crippen LogP contribution in [-0.4, -0.2) is 14.6 Å². The van der Waals surface area contributed by atoms with Crippen LogP contribution in [0.1, 0.15) is 0 Å². The lowest BCUT2D eigenvalue weighted by atomic mass is 10.3. The maximum Gasteiger partial charge on any atom is 0.169 e. The number of hydrogen-bond donors (Lipinski definition) is 0. The minimum Gasteiger partial charge on any atom is -0.282 e. The molecule has 0 amide bonds. The van der Waals surface area contributed by atoms with Gasteiger partial charge < -0.3 is 0 Å². The van der Waals surface area contributed by atoms with Crippen LogP contribution in [-0.2, 0) is 0 Å².